The number of nitrogens with zero attached hydrogens (tertiary/aromatic N) is 4. The Morgan fingerprint density at radius 1 is 0.339 bits per heavy atom. The lowest BCUT2D eigenvalue weighted by atomic mass is 9.94. The summed E-state index contributed by atoms with van der Waals surface area (Å²) in [6.07, 6.45) is 0. The summed E-state index contributed by atoms with van der Waals surface area (Å²) in [4.78, 5) is 15.0. The first kappa shape index (κ1) is 30.8. The molecule has 5 heteroatoms. The van der Waals surface area contributed by atoms with E-state index in [0.29, 0.717) is 17.5 Å². The molecule has 3 heterocycles. The summed E-state index contributed by atoms with van der Waals surface area (Å²) in [7, 11) is 0. The molecule has 56 heavy (non-hydrogen) atoms. The number of furan rings is 1. The standard InChI is InChI=1S/C51H30N4O/c1-3-14-31(15-4-1)49-52-50(32-16-5-2-6-17-32)54-51(53-49)41-24-13-23-40-44-29-43-39-22-11-12-25-45(39)55(46(43)30-47(44)56-48(40)41)33-26-27-38-36-20-8-7-18-34(36)35-19-9-10-21-37(35)42(38)28-33/h1-30H. The van der Waals surface area contributed by atoms with Crippen molar-refractivity contribution in [3.8, 4) is 39.9 Å². The number of hydrogen-bond acceptors (Lipinski definition) is 4. The highest BCUT2D eigenvalue weighted by molar-refractivity contribution is 6.26. The molecule has 5 nitrogen and oxygen atoms in total. The van der Waals surface area contributed by atoms with Gasteiger partial charge in [0.05, 0.1) is 16.6 Å². The third-order valence-corrected chi connectivity index (χ3v) is 11.2. The minimum Gasteiger partial charge on any atom is -0.455 e. The van der Waals surface area contributed by atoms with Crippen LogP contribution in [0.4, 0.5) is 0 Å². The Kier molecular flexibility index (Phi) is 6.56. The fourth-order valence-corrected chi connectivity index (χ4v) is 8.68. The van der Waals surface area contributed by atoms with Gasteiger partial charge in [0.2, 0.25) is 0 Å². The van der Waals surface area contributed by atoms with Gasteiger partial charge in [-0.05, 0) is 62.6 Å². The van der Waals surface area contributed by atoms with Crippen LogP contribution in [0.25, 0.3) is 116 Å². The van der Waals surface area contributed by atoms with Crippen LogP contribution in [0.1, 0.15) is 0 Å². The average molecular weight is 715 g/mol. The molecular formula is C51H30N4O. The monoisotopic (exact) mass is 714 g/mol. The number of rotatable bonds is 4. The van der Waals surface area contributed by atoms with Crippen LogP contribution in [0.2, 0.25) is 0 Å². The van der Waals surface area contributed by atoms with Gasteiger partial charge in [-0.1, -0.05) is 146 Å². The zero-order valence-corrected chi connectivity index (χ0v) is 30.0. The Labute approximate surface area is 320 Å². The van der Waals surface area contributed by atoms with Crippen LogP contribution in [-0.4, -0.2) is 19.5 Å². The topological polar surface area (TPSA) is 56.7 Å². The van der Waals surface area contributed by atoms with Crippen LogP contribution in [0.3, 0.4) is 0 Å². The van der Waals surface area contributed by atoms with Crippen LogP contribution in [0.15, 0.2) is 186 Å². The fraction of sp³-hybridized carbons (Fsp3) is 0. The molecule has 0 saturated carbocycles. The average Bonchev–Trinajstić information content (AvgIpc) is 3.80. The van der Waals surface area contributed by atoms with E-state index in [-0.39, 0.29) is 0 Å². The summed E-state index contributed by atoms with van der Waals surface area (Å²) in [5.74, 6) is 1.80. The predicted molar refractivity (Wildman–Crippen MR) is 230 cm³/mol. The van der Waals surface area contributed by atoms with E-state index < -0.39 is 0 Å². The maximum Gasteiger partial charge on any atom is 0.167 e. The Bertz CT molecular complexity index is 3440. The third kappa shape index (κ3) is 4.58. The van der Waals surface area contributed by atoms with E-state index in [2.05, 4.69) is 120 Å². The third-order valence-electron chi connectivity index (χ3n) is 11.2. The lowest BCUT2D eigenvalue weighted by molar-refractivity contribution is 0.670. The molecule has 0 fully saturated rings. The summed E-state index contributed by atoms with van der Waals surface area (Å²) >= 11 is 0. The first-order valence-electron chi connectivity index (χ1n) is 18.9. The minimum atomic E-state index is 0.567. The highest BCUT2D eigenvalue weighted by Gasteiger charge is 2.21. The molecule has 0 aliphatic rings. The van der Waals surface area contributed by atoms with E-state index in [9.17, 15) is 0 Å². The van der Waals surface area contributed by atoms with Gasteiger partial charge >= 0.3 is 0 Å². The molecule has 9 aromatic carbocycles. The van der Waals surface area contributed by atoms with E-state index in [1.165, 1.54) is 43.1 Å². The molecule has 0 atom stereocenters. The Hall–Kier alpha value is -7.63. The van der Waals surface area contributed by atoms with Gasteiger partial charge in [0.15, 0.2) is 17.5 Å². The lowest BCUT2D eigenvalue weighted by Gasteiger charge is -2.13. The number of fused-ring (bicyclic) bond motifs is 12. The molecule has 0 bridgehead atoms. The second kappa shape index (κ2) is 11.9. The van der Waals surface area contributed by atoms with E-state index in [1.807, 2.05) is 66.7 Å². The number of para-hydroxylation sites is 2. The molecule has 3 aromatic heterocycles. The summed E-state index contributed by atoms with van der Waals surface area (Å²) in [6.45, 7) is 0. The van der Waals surface area contributed by atoms with Crippen molar-refractivity contribution in [2.75, 3.05) is 0 Å². The molecule has 0 saturated heterocycles. The molecule has 12 rings (SSSR count). The first-order chi connectivity index (χ1) is 27.8. The zero-order valence-electron chi connectivity index (χ0n) is 30.0. The zero-order chi connectivity index (χ0) is 36.7. The minimum absolute atomic E-state index is 0.567. The van der Waals surface area contributed by atoms with Crippen molar-refractivity contribution in [2.24, 2.45) is 0 Å². The second-order valence-corrected chi connectivity index (χ2v) is 14.4. The molecular weight excluding hydrogens is 685 g/mol. The van der Waals surface area contributed by atoms with Gasteiger partial charge in [-0.3, -0.25) is 0 Å². The second-order valence-electron chi connectivity index (χ2n) is 14.4. The Balaban J connectivity index is 1.10. The molecule has 0 N–H and O–H groups in total. The van der Waals surface area contributed by atoms with Gasteiger partial charge in [0.25, 0.3) is 0 Å². The number of aromatic nitrogens is 4. The molecule has 0 aliphatic heterocycles. The van der Waals surface area contributed by atoms with Gasteiger partial charge in [-0.25, -0.2) is 15.0 Å². The molecule has 260 valence electrons. The number of benzene rings is 9. The van der Waals surface area contributed by atoms with Gasteiger partial charge in [0.1, 0.15) is 11.2 Å². The Morgan fingerprint density at radius 3 is 1.54 bits per heavy atom. The van der Waals surface area contributed by atoms with Crippen LogP contribution in [0, 0.1) is 0 Å². The highest BCUT2D eigenvalue weighted by atomic mass is 16.3. The summed E-state index contributed by atoms with van der Waals surface area (Å²) < 4.78 is 9.27. The predicted octanol–water partition coefficient (Wildman–Crippen LogP) is 13.3. The normalized spacial score (nSPS) is 11.9. The van der Waals surface area contributed by atoms with Crippen LogP contribution >= 0.6 is 0 Å². The van der Waals surface area contributed by atoms with Gasteiger partial charge < -0.3 is 8.98 Å². The maximum absolute atomic E-state index is 6.89. The first-order valence-corrected chi connectivity index (χ1v) is 18.9. The maximum atomic E-state index is 6.89. The van der Waals surface area contributed by atoms with Gasteiger partial charge in [0, 0.05) is 44.4 Å². The summed E-state index contributed by atoms with van der Waals surface area (Å²) in [5, 5.41) is 12.0. The molecule has 0 radical (unpaired) electrons. The van der Waals surface area contributed by atoms with Crippen molar-refractivity contribution >= 4 is 76.1 Å². The van der Waals surface area contributed by atoms with Gasteiger partial charge in [-0.15, -0.1) is 0 Å². The van der Waals surface area contributed by atoms with Crippen molar-refractivity contribution in [1.29, 1.82) is 0 Å². The molecule has 0 aliphatic carbocycles. The molecule has 0 unspecified atom stereocenters. The highest BCUT2D eigenvalue weighted by Crippen LogP contribution is 2.42. The van der Waals surface area contributed by atoms with Crippen molar-refractivity contribution in [2.45, 2.75) is 0 Å². The van der Waals surface area contributed by atoms with E-state index in [0.717, 1.165) is 55.3 Å². The summed E-state index contributed by atoms with van der Waals surface area (Å²) in [5.41, 5.74) is 7.57. The molecule has 0 spiro atoms. The number of hydrogen-bond donors (Lipinski definition) is 0. The van der Waals surface area contributed by atoms with Crippen LogP contribution in [-0.2, 0) is 0 Å². The SMILES string of the molecule is c1ccc(-c2nc(-c3ccccc3)nc(-c3cccc4c3oc3cc5c(cc34)c3ccccc3n5-c3ccc4c5ccccc5c5ccccc5c4c3)n2)cc1. The van der Waals surface area contributed by atoms with Crippen LogP contribution in [0.5, 0.6) is 0 Å². The Morgan fingerprint density at radius 2 is 0.875 bits per heavy atom. The summed E-state index contributed by atoms with van der Waals surface area (Å²) in [6, 6.07) is 63.9. The van der Waals surface area contributed by atoms with Gasteiger partial charge in [-0.2, -0.15) is 0 Å². The van der Waals surface area contributed by atoms with Crippen molar-refractivity contribution in [3.63, 3.8) is 0 Å². The largest absolute Gasteiger partial charge is 0.455 e. The molecule has 12 aromatic rings. The van der Waals surface area contributed by atoms with Crippen molar-refractivity contribution < 1.29 is 4.42 Å². The van der Waals surface area contributed by atoms with E-state index >= 15 is 0 Å². The quantitative estimate of drug-likeness (QED) is 0.170. The van der Waals surface area contributed by atoms with Crippen molar-refractivity contribution in [1.82, 2.24) is 19.5 Å². The van der Waals surface area contributed by atoms with E-state index in [1.54, 1.807) is 0 Å². The van der Waals surface area contributed by atoms with Crippen molar-refractivity contribution in [3.05, 3.63) is 182 Å². The molecule has 0 amide bonds. The van der Waals surface area contributed by atoms with E-state index in [4.69, 9.17) is 19.4 Å². The smallest absolute Gasteiger partial charge is 0.167 e. The fourth-order valence-electron chi connectivity index (χ4n) is 8.68. The van der Waals surface area contributed by atoms with Crippen LogP contribution < -0.4 is 0 Å². The lowest BCUT2D eigenvalue weighted by Crippen LogP contribution is -2.00.